The monoisotopic (exact) mass is 832 g/mol. The van der Waals surface area contributed by atoms with E-state index in [1.807, 2.05) is 62.3 Å². The Bertz CT molecular complexity index is 2370. The highest BCUT2D eigenvalue weighted by Gasteiger charge is 2.35. The molecule has 3 rings (SSSR count). The van der Waals surface area contributed by atoms with E-state index in [1.165, 1.54) is 18.6 Å². The van der Waals surface area contributed by atoms with Gasteiger partial charge in [-0.3, -0.25) is 4.79 Å². The third kappa shape index (κ3) is 14.5. The number of likely N-dealkylation sites (N-methyl/N-ethyl adjacent to an activating group) is 1. The molecule has 0 aliphatic carbocycles. The molecule has 3 aromatic rings. The number of imide groups is 1. The topological polar surface area (TPSA) is 176 Å². The van der Waals surface area contributed by atoms with Gasteiger partial charge in [0.2, 0.25) is 0 Å². The third-order valence-corrected chi connectivity index (χ3v) is 8.67. The van der Waals surface area contributed by atoms with Crippen molar-refractivity contribution in [2.24, 2.45) is 16.8 Å². The first-order valence-corrected chi connectivity index (χ1v) is 19.4. The molecule has 3 aromatic carbocycles. The van der Waals surface area contributed by atoms with E-state index in [1.54, 1.807) is 64.1 Å². The molecule has 0 unspecified atom stereocenters. The fraction of sp³-hybridized carbons (Fsp3) is 0.319. The summed E-state index contributed by atoms with van der Waals surface area (Å²) in [5.74, 6) is -1.17. The molecule has 0 saturated carbocycles. The van der Waals surface area contributed by atoms with Crippen LogP contribution in [0.25, 0.3) is 20.1 Å². The molecule has 2 amide bonds. The number of ketones is 1. The number of aliphatic imine (C=N–C) groups is 1. The summed E-state index contributed by atoms with van der Waals surface area (Å²) in [5, 5.41) is 27.8. The number of carbonyl (C=O) groups is 3. The van der Waals surface area contributed by atoms with Crippen LogP contribution in [0, 0.1) is 65.5 Å². The molecule has 0 aromatic heterocycles. The summed E-state index contributed by atoms with van der Waals surface area (Å²) in [5.41, 5.74) is 2.34. The van der Waals surface area contributed by atoms with Crippen molar-refractivity contribution in [3.05, 3.63) is 141 Å². The van der Waals surface area contributed by atoms with Crippen LogP contribution in [0.15, 0.2) is 94.9 Å². The first kappa shape index (κ1) is 49.9. The van der Waals surface area contributed by atoms with Crippen LogP contribution in [-0.4, -0.2) is 69.1 Å². The average molecular weight is 833 g/mol. The van der Waals surface area contributed by atoms with Gasteiger partial charge in [0.1, 0.15) is 5.70 Å². The Kier molecular flexibility index (Phi) is 20.4. The van der Waals surface area contributed by atoms with Crippen LogP contribution in [0.5, 0.6) is 0 Å². The number of nitriles is 3. The number of rotatable bonds is 15. The molecule has 0 atom stereocenters. The number of carbonyl (C=O) groups excluding carboxylic acids is 3. The first-order valence-electron chi connectivity index (χ1n) is 19.4. The SMILES string of the molecule is [C-]#[N+]/C(C#N)=C(/C#N)c1ccc(N(C)CCc2ccccc2)cc1.[C-]#[N+]C(=Nc1ccc(N(C)CC)cc1C(C)=O)/C(=C(/C#N)[N+]#[C-])N(C(=O)OCC(C)C)C(=O)OCC(C)C. The van der Waals surface area contributed by atoms with E-state index in [0.717, 1.165) is 24.3 Å². The number of nitrogens with zero attached hydrogens (tertiary/aromatic N) is 10. The van der Waals surface area contributed by atoms with Crippen LogP contribution in [0.3, 0.4) is 0 Å². The number of amidine groups is 1. The number of ether oxygens (including phenoxy) is 2. The molecule has 316 valence electrons. The molecule has 0 bridgehead atoms. The van der Waals surface area contributed by atoms with Crippen LogP contribution in [0.1, 0.15) is 63.0 Å². The van der Waals surface area contributed by atoms with Crippen molar-refractivity contribution in [2.75, 3.05) is 50.2 Å². The van der Waals surface area contributed by atoms with Crippen molar-refractivity contribution in [1.82, 2.24) is 4.90 Å². The van der Waals surface area contributed by atoms with E-state index in [4.69, 9.17) is 34.5 Å². The van der Waals surface area contributed by atoms with E-state index < -0.39 is 29.4 Å². The molecule has 0 spiro atoms. The van der Waals surface area contributed by atoms with Gasteiger partial charge in [-0.2, -0.15) is 10.2 Å². The Morgan fingerprint density at radius 2 is 1.29 bits per heavy atom. The zero-order chi connectivity index (χ0) is 46.4. The van der Waals surface area contributed by atoms with Gasteiger partial charge in [0.15, 0.2) is 11.5 Å². The summed E-state index contributed by atoms with van der Waals surface area (Å²) in [4.78, 5) is 56.7. The molecule has 15 nitrogen and oxygen atoms in total. The Morgan fingerprint density at radius 1 is 0.742 bits per heavy atom. The van der Waals surface area contributed by atoms with Crippen molar-refractivity contribution in [3.8, 4) is 18.2 Å². The van der Waals surface area contributed by atoms with Gasteiger partial charge in [0, 0.05) is 38.6 Å². The predicted octanol–water partition coefficient (Wildman–Crippen LogP) is 9.88. The number of allylic oxidation sites excluding steroid dienone is 3. The van der Waals surface area contributed by atoms with E-state index in [2.05, 4.69) is 36.6 Å². The van der Waals surface area contributed by atoms with E-state index in [0.29, 0.717) is 17.0 Å². The number of amides is 2. The summed E-state index contributed by atoms with van der Waals surface area (Å²) in [6, 6.07) is 27.7. The third-order valence-electron chi connectivity index (χ3n) is 8.67. The smallest absolute Gasteiger partial charge is 0.421 e. The molecular weight excluding hydrogens is 785 g/mol. The maximum atomic E-state index is 13.1. The molecule has 0 radical (unpaired) electrons. The lowest BCUT2D eigenvalue weighted by molar-refractivity contribution is 0.0774. The largest absolute Gasteiger partial charge is 0.449 e. The summed E-state index contributed by atoms with van der Waals surface area (Å²) in [6.07, 6.45) is -1.53. The van der Waals surface area contributed by atoms with E-state index in [-0.39, 0.29) is 53.4 Å². The second-order valence-corrected chi connectivity index (χ2v) is 14.3. The van der Waals surface area contributed by atoms with Gasteiger partial charge >= 0.3 is 12.2 Å². The zero-order valence-electron chi connectivity index (χ0n) is 36.1. The Balaban J connectivity index is 0.000000471. The Morgan fingerprint density at radius 3 is 1.74 bits per heavy atom. The lowest BCUT2D eigenvalue weighted by atomic mass is 10.0. The van der Waals surface area contributed by atoms with Crippen molar-refractivity contribution < 1.29 is 23.9 Å². The standard InChI is InChI=1S/C27H32N6O5.C20H16N4/c1-10-32(9)20-11-12-22(21(13-20)19(6)34)31-25(30-8)24(23(14-28)29-7)33(26(35)37-15-17(2)3)27(36)38-16-18(4)5;1-23-20(15-22)19(14-21)17-8-10-18(11-9-17)24(2)13-12-16-6-4-3-5-7-16/h11-13,17-18H,10,15-16H2,1-6,9H3;3-11H,12-13H2,2H3/b24-23+,31-25?;20-19-. The minimum atomic E-state index is -1.23. The summed E-state index contributed by atoms with van der Waals surface area (Å²) < 4.78 is 10.4. The molecular formula is C47H48N10O5. The van der Waals surface area contributed by atoms with Gasteiger partial charge in [0.05, 0.1) is 55.7 Å². The number of anilines is 2. The van der Waals surface area contributed by atoms with Crippen LogP contribution in [-0.2, 0) is 15.9 Å². The lowest BCUT2D eigenvalue weighted by Gasteiger charge is -2.23. The van der Waals surface area contributed by atoms with Gasteiger partial charge < -0.3 is 24.1 Å². The maximum absolute atomic E-state index is 13.1. The van der Waals surface area contributed by atoms with Crippen LogP contribution >= 0.6 is 0 Å². The quantitative estimate of drug-likeness (QED) is 0.0471. The zero-order valence-corrected chi connectivity index (χ0v) is 36.1. The highest BCUT2D eigenvalue weighted by Crippen LogP contribution is 2.29. The van der Waals surface area contributed by atoms with Gasteiger partial charge in [0.25, 0.3) is 17.2 Å². The fourth-order valence-electron chi connectivity index (χ4n) is 5.22. The first-order chi connectivity index (χ1) is 29.6. The maximum Gasteiger partial charge on any atom is 0.421 e. The summed E-state index contributed by atoms with van der Waals surface area (Å²) in [6.45, 7) is 33.9. The number of Topliss-reactive ketones (excluding diaryl/α,β-unsaturated/α-hetero) is 1. The lowest BCUT2D eigenvalue weighted by Crippen LogP contribution is -2.40. The predicted molar refractivity (Wildman–Crippen MR) is 237 cm³/mol. The van der Waals surface area contributed by atoms with Gasteiger partial charge in [-0.25, -0.2) is 29.8 Å². The van der Waals surface area contributed by atoms with E-state index >= 15 is 0 Å². The normalized spacial score (nSPS) is 11.3. The molecule has 0 fully saturated rings. The van der Waals surface area contributed by atoms with Gasteiger partial charge in [-0.05, 0) is 73.6 Å². The van der Waals surface area contributed by atoms with Crippen molar-refractivity contribution in [1.29, 1.82) is 15.8 Å². The van der Waals surface area contributed by atoms with Crippen LogP contribution in [0.4, 0.5) is 26.7 Å². The highest BCUT2D eigenvalue weighted by molar-refractivity contribution is 6.13. The number of hydrogen-bond acceptors (Lipinski definition) is 11. The number of benzene rings is 3. The second-order valence-electron chi connectivity index (χ2n) is 14.3. The van der Waals surface area contributed by atoms with Crippen LogP contribution in [0.2, 0.25) is 0 Å². The van der Waals surface area contributed by atoms with E-state index in [9.17, 15) is 24.9 Å². The molecule has 0 N–H and O–H groups in total. The molecule has 0 aliphatic rings. The molecule has 15 heteroatoms. The van der Waals surface area contributed by atoms with Gasteiger partial charge in [-0.15, -0.1) is 4.99 Å². The van der Waals surface area contributed by atoms with Crippen LogP contribution < -0.4 is 9.80 Å². The highest BCUT2D eigenvalue weighted by atomic mass is 16.6. The molecule has 0 aliphatic heterocycles. The number of hydrogen-bond donors (Lipinski definition) is 0. The average Bonchev–Trinajstić information content (AvgIpc) is 3.28. The molecule has 0 saturated heterocycles. The minimum Gasteiger partial charge on any atom is -0.449 e. The van der Waals surface area contributed by atoms with Crippen molar-refractivity contribution in [2.45, 2.75) is 48.0 Å². The summed E-state index contributed by atoms with van der Waals surface area (Å²) in [7, 11) is 3.85. The van der Waals surface area contributed by atoms with Crippen molar-refractivity contribution >= 4 is 46.4 Å². The minimum absolute atomic E-state index is 0.0579. The molecule has 62 heavy (non-hydrogen) atoms. The van der Waals surface area contributed by atoms with Gasteiger partial charge in [-0.1, -0.05) is 76.7 Å². The molecule has 0 heterocycles. The Labute approximate surface area is 364 Å². The Hall–Kier alpha value is -8.24. The fourth-order valence-corrected chi connectivity index (χ4v) is 5.22. The van der Waals surface area contributed by atoms with Crippen molar-refractivity contribution in [3.63, 3.8) is 0 Å². The summed E-state index contributed by atoms with van der Waals surface area (Å²) >= 11 is 0. The second kappa shape index (κ2) is 25.3.